The lowest BCUT2D eigenvalue weighted by atomic mass is 10.1. The summed E-state index contributed by atoms with van der Waals surface area (Å²) in [5.74, 6) is -0.162. The predicted octanol–water partition coefficient (Wildman–Crippen LogP) is 2.69. The zero-order chi connectivity index (χ0) is 12.7. The topological polar surface area (TPSA) is 21.3 Å². The van der Waals surface area contributed by atoms with Gasteiger partial charge in [-0.2, -0.15) is 0 Å². The molecule has 0 saturated heterocycles. The normalized spacial score (nSPS) is 11.1. The summed E-state index contributed by atoms with van der Waals surface area (Å²) in [6.45, 7) is 8.50. The molecule has 0 heterocycles. The maximum atomic E-state index is 12.9. The Morgan fingerprint density at radius 2 is 2.06 bits per heavy atom. The molecule has 17 heavy (non-hydrogen) atoms. The minimum absolute atomic E-state index is 0.162. The molecule has 0 amide bonds. The van der Waals surface area contributed by atoms with Crippen LogP contribution in [0.4, 0.5) is 4.39 Å². The molecule has 0 aliphatic rings. The number of halogens is 1. The average molecular weight is 239 g/mol. The van der Waals surface area contributed by atoms with E-state index in [1.165, 1.54) is 11.6 Å². The molecule has 0 spiro atoms. The molecule has 96 valence electrons. The fraction of sp³-hybridized carbons (Fsp3) is 0.571. The lowest BCUT2D eigenvalue weighted by Crippen LogP contribution is -2.23. The highest BCUT2D eigenvalue weighted by Gasteiger charge is 1.99. The molecule has 0 aliphatic carbocycles. The Balaban J connectivity index is 2.18. The Labute approximate surface area is 103 Å². The van der Waals surface area contributed by atoms with Crippen LogP contribution in [0.3, 0.4) is 0 Å². The van der Waals surface area contributed by atoms with Gasteiger partial charge in [-0.15, -0.1) is 0 Å². The maximum Gasteiger partial charge on any atom is 0.123 e. The van der Waals surface area contributed by atoms with Crippen LogP contribution in [-0.2, 0) is 11.2 Å². The van der Waals surface area contributed by atoms with Gasteiger partial charge in [-0.1, -0.05) is 6.07 Å². The standard InChI is InChI=1S/C14H22FNO/c1-11(2)17-9-8-16-7-6-13-4-5-14(15)10-12(13)3/h4-5,10-11,16H,6-9H2,1-3H3. The van der Waals surface area contributed by atoms with Crippen molar-refractivity contribution in [2.75, 3.05) is 19.7 Å². The molecule has 2 nitrogen and oxygen atoms in total. The van der Waals surface area contributed by atoms with Gasteiger partial charge in [-0.3, -0.25) is 0 Å². The summed E-state index contributed by atoms with van der Waals surface area (Å²) in [5.41, 5.74) is 2.22. The lowest BCUT2D eigenvalue weighted by molar-refractivity contribution is 0.0810. The number of hydrogen-bond acceptors (Lipinski definition) is 2. The number of ether oxygens (including phenoxy) is 1. The van der Waals surface area contributed by atoms with Crippen LogP contribution in [0, 0.1) is 12.7 Å². The summed E-state index contributed by atoms with van der Waals surface area (Å²) in [7, 11) is 0. The van der Waals surface area contributed by atoms with Crippen LogP contribution < -0.4 is 5.32 Å². The van der Waals surface area contributed by atoms with Crippen molar-refractivity contribution in [3.63, 3.8) is 0 Å². The number of rotatable bonds is 7. The van der Waals surface area contributed by atoms with Crippen LogP contribution in [0.5, 0.6) is 0 Å². The third-order valence-corrected chi connectivity index (χ3v) is 2.61. The van der Waals surface area contributed by atoms with Gasteiger partial charge in [0.05, 0.1) is 12.7 Å². The molecule has 0 unspecified atom stereocenters. The van der Waals surface area contributed by atoms with Gasteiger partial charge in [-0.05, 0) is 57.0 Å². The Morgan fingerprint density at radius 1 is 1.29 bits per heavy atom. The highest BCUT2D eigenvalue weighted by Crippen LogP contribution is 2.10. The van der Waals surface area contributed by atoms with E-state index < -0.39 is 0 Å². The first-order valence-electron chi connectivity index (χ1n) is 6.17. The summed E-state index contributed by atoms with van der Waals surface area (Å²) in [6, 6.07) is 4.96. The molecule has 1 rings (SSSR count). The first kappa shape index (κ1) is 14.1. The second-order valence-electron chi connectivity index (χ2n) is 4.49. The van der Waals surface area contributed by atoms with Gasteiger partial charge in [0.15, 0.2) is 0 Å². The van der Waals surface area contributed by atoms with Crippen molar-refractivity contribution in [3.05, 3.63) is 35.1 Å². The maximum absolute atomic E-state index is 12.9. The summed E-state index contributed by atoms with van der Waals surface area (Å²) < 4.78 is 18.3. The minimum atomic E-state index is -0.162. The molecule has 0 bridgehead atoms. The quantitative estimate of drug-likeness (QED) is 0.739. The number of hydrogen-bond donors (Lipinski definition) is 1. The van der Waals surface area contributed by atoms with E-state index in [1.54, 1.807) is 6.07 Å². The van der Waals surface area contributed by atoms with Crippen molar-refractivity contribution in [3.8, 4) is 0 Å². The molecular formula is C14H22FNO. The fourth-order valence-electron chi connectivity index (χ4n) is 1.65. The number of nitrogens with one attached hydrogen (secondary N) is 1. The Morgan fingerprint density at radius 3 is 2.71 bits per heavy atom. The van der Waals surface area contributed by atoms with E-state index in [0.717, 1.165) is 31.7 Å². The number of aryl methyl sites for hydroxylation is 1. The van der Waals surface area contributed by atoms with Crippen molar-refractivity contribution in [2.45, 2.75) is 33.3 Å². The highest BCUT2D eigenvalue weighted by atomic mass is 19.1. The van der Waals surface area contributed by atoms with Gasteiger partial charge in [0.25, 0.3) is 0 Å². The van der Waals surface area contributed by atoms with E-state index in [0.29, 0.717) is 0 Å². The van der Waals surface area contributed by atoms with Gasteiger partial charge >= 0.3 is 0 Å². The van der Waals surface area contributed by atoms with Crippen molar-refractivity contribution in [1.29, 1.82) is 0 Å². The molecule has 0 fully saturated rings. The van der Waals surface area contributed by atoms with Crippen molar-refractivity contribution in [2.24, 2.45) is 0 Å². The van der Waals surface area contributed by atoms with Crippen LogP contribution in [0.15, 0.2) is 18.2 Å². The molecular weight excluding hydrogens is 217 g/mol. The molecule has 0 aliphatic heterocycles. The molecule has 0 radical (unpaired) electrons. The zero-order valence-electron chi connectivity index (χ0n) is 10.9. The summed E-state index contributed by atoms with van der Waals surface area (Å²) in [5, 5.41) is 3.31. The molecule has 0 aromatic heterocycles. The van der Waals surface area contributed by atoms with E-state index in [2.05, 4.69) is 5.32 Å². The van der Waals surface area contributed by atoms with Gasteiger partial charge in [-0.25, -0.2) is 4.39 Å². The molecule has 3 heteroatoms. The van der Waals surface area contributed by atoms with Gasteiger partial charge in [0.2, 0.25) is 0 Å². The fourth-order valence-corrected chi connectivity index (χ4v) is 1.65. The SMILES string of the molecule is Cc1cc(F)ccc1CCNCCOC(C)C. The largest absolute Gasteiger partial charge is 0.377 e. The Bertz CT molecular complexity index is 339. The monoisotopic (exact) mass is 239 g/mol. The van der Waals surface area contributed by atoms with Crippen molar-refractivity contribution >= 4 is 0 Å². The Hall–Kier alpha value is -0.930. The zero-order valence-corrected chi connectivity index (χ0v) is 10.9. The van der Waals surface area contributed by atoms with Crippen LogP contribution in [-0.4, -0.2) is 25.8 Å². The van der Waals surface area contributed by atoms with E-state index in [-0.39, 0.29) is 11.9 Å². The van der Waals surface area contributed by atoms with Crippen LogP contribution in [0.1, 0.15) is 25.0 Å². The average Bonchev–Trinajstić information content (AvgIpc) is 2.25. The predicted molar refractivity (Wildman–Crippen MR) is 68.8 cm³/mol. The highest BCUT2D eigenvalue weighted by molar-refractivity contribution is 5.26. The third kappa shape index (κ3) is 5.80. The smallest absolute Gasteiger partial charge is 0.123 e. The second kappa shape index (κ2) is 7.41. The summed E-state index contributed by atoms with van der Waals surface area (Å²) in [4.78, 5) is 0. The van der Waals surface area contributed by atoms with Gasteiger partial charge < -0.3 is 10.1 Å². The summed E-state index contributed by atoms with van der Waals surface area (Å²) in [6.07, 6.45) is 1.21. The van der Waals surface area contributed by atoms with Crippen LogP contribution in [0.2, 0.25) is 0 Å². The van der Waals surface area contributed by atoms with E-state index >= 15 is 0 Å². The van der Waals surface area contributed by atoms with E-state index in [4.69, 9.17) is 4.74 Å². The van der Waals surface area contributed by atoms with Crippen molar-refractivity contribution < 1.29 is 9.13 Å². The first-order chi connectivity index (χ1) is 8.09. The van der Waals surface area contributed by atoms with Gasteiger partial charge in [0.1, 0.15) is 5.82 Å². The molecule has 1 aromatic carbocycles. The van der Waals surface area contributed by atoms with E-state index in [1.807, 2.05) is 26.8 Å². The lowest BCUT2D eigenvalue weighted by Gasteiger charge is -2.09. The molecule has 1 aromatic rings. The Kier molecular flexibility index (Phi) is 6.16. The molecule has 0 saturated carbocycles. The molecule has 1 N–H and O–H groups in total. The first-order valence-corrected chi connectivity index (χ1v) is 6.17. The van der Waals surface area contributed by atoms with E-state index in [9.17, 15) is 4.39 Å². The van der Waals surface area contributed by atoms with Gasteiger partial charge in [0, 0.05) is 6.54 Å². The summed E-state index contributed by atoms with van der Waals surface area (Å²) >= 11 is 0. The van der Waals surface area contributed by atoms with Crippen LogP contribution in [0.25, 0.3) is 0 Å². The minimum Gasteiger partial charge on any atom is -0.377 e. The van der Waals surface area contributed by atoms with Crippen molar-refractivity contribution in [1.82, 2.24) is 5.32 Å². The third-order valence-electron chi connectivity index (χ3n) is 2.61. The van der Waals surface area contributed by atoms with Crippen LogP contribution >= 0.6 is 0 Å². The molecule has 0 atom stereocenters. The number of benzene rings is 1. The second-order valence-corrected chi connectivity index (χ2v) is 4.49.